The number of nitrogens with zero attached hydrogens (tertiary/aromatic N) is 4. The Balaban J connectivity index is 1.33. The fourth-order valence-electron chi connectivity index (χ4n) is 6.53. The zero-order valence-electron chi connectivity index (χ0n) is 26.8. The standard InChI is InChI=1S/C41H36N4O2/c1-4-13-36-42-37-27(2)24-32(40-43-38(30-14-7-5-8-15-30)39(44(40)3)31-16-9-6-10-17-31)25-35(37)45(36)26-28-20-22-29(23-21-28)33-18-11-12-19-34(33)41(46)47/h5-12,14-25H,4,13,26H2,1-3H3,(H,46,47). The van der Waals surface area contributed by atoms with Gasteiger partial charge in [-0.1, -0.05) is 110 Å². The average Bonchev–Trinajstić information content (AvgIpc) is 3.63. The van der Waals surface area contributed by atoms with E-state index in [2.05, 4.69) is 103 Å². The number of carboxylic acids is 1. The molecule has 0 saturated heterocycles. The largest absolute Gasteiger partial charge is 0.478 e. The van der Waals surface area contributed by atoms with E-state index in [9.17, 15) is 9.90 Å². The van der Waals surface area contributed by atoms with Crippen LogP contribution in [0.2, 0.25) is 0 Å². The smallest absolute Gasteiger partial charge is 0.336 e. The lowest BCUT2D eigenvalue weighted by atomic mass is 9.98. The predicted molar refractivity (Wildman–Crippen MR) is 189 cm³/mol. The van der Waals surface area contributed by atoms with E-state index in [-0.39, 0.29) is 0 Å². The lowest BCUT2D eigenvalue weighted by Gasteiger charge is -2.12. The molecule has 2 heterocycles. The van der Waals surface area contributed by atoms with Crippen LogP contribution in [0.15, 0.2) is 121 Å². The second kappa shape index (κ2) is 12.6. The Morgan fingerprint density at radius 1 is 0.745 bits per heavy atom. The molecule has 0 aliphatic rings. The maximum absolute atomic E-state index is 11.8. The minimum absolute atomic E-state index is 0.300. The molecule has 0 aliphatic carbocycles. The zero-order valence-corrected chi connectivity index (χ0v) is 26.8. The third-order valence-corrected chi connectivity index (χ3v) is 8.81. The van der Waals surface area contributed by atoms with Crippen molar-refractivity contribution >= 4 is 17.0 Å². The molecule has 2 aromatic heterocycles. The first kappa shape index (κ1) is 29.9. The fraction of sp³-hybridized carbons (Fsp3) is 0.146. The lowest BCUT2D eigenvalue weighted by Crippen LogP contribution is -2.05. The molecule has 5 aromatic carbocycles. The van der Waals surface area contributed by atoms with Crippen LogP contribution in [-0.2, 0) is 20.0 Å². The van der Waals surface area contributed by atoms with Crippen molar-refractivity contribution in [2.45, 2.75) is 33.2 Å². The summed E-state index contributed by atoms with van der Waals surface area (Å²) in [5.74, 6) is 1.03. The third-order valence-electron chi connectivity index (χ3n) is 8.81. The lowest BCUT2D eigenvalue weighted by molar-refractivity contribution is 0.0697. The molecule has 1 N–H and O–H groups in total. The second-order valence-corrected chi connectivity index (χ2v) is 12.0. The van der Waals surface area contributed by atoms with Crippen molar-refractivity contribution in [3.8, 4) is 45.0 Å². The summed E-state index contributed by atoms with van der Waals surface area (Å²) in [5.41, 5.74) is 11.5. The van der Waals surface area contributed by atoms with Gasteiger partial charge in [0, 0.05) is 36.7 Å². The molecule has 232 valence electrons. The highest BCUT2D eigenvalue weighted by molar-refractivity contribution is 5.96. The second-order valence-electron chi connectivity index (χ2n) is 12.0. The van der Waals surface area contributed by atoms with E-state index in [1.165, 1.54) is 0 Å². The molecular formula is C41H36N4O2. The Morgan fingerprint density at radius 2 is 1.40 bits per heavy atom. The van der Waals surface area contributed by atoms with Gasteiger partial charge in [-0.3, -0.25) is 0 Å². The van der Waals surface area contributed by atoms with Gasteiger partial charge in [0.15, 0.2) is 0 Å². The summed E-state index contributed by atoms with van der Waals surface area (Å²) < 4.78 is 4.54. The van der Waals surface area contributed by atoms with E-state index in [0.29, 0.717) is 17.7 Å². The summed E-state index contributed by atoms with van der Waals surface area (Å²) in [7, 11) is 2.10. The van der Waals surface area contributed by atoms with Crippen LogP contribution in [0.4, 0.5) is 0 Å². The van der Waals surface area contributed by atoms with Gasteiger partial charge >= 0.3 is 5.97 Å². The van der Waals surface area contributed by atoms with Crippen LogP contribution in [0.25, 0.3) is 56.1 Å². The molecule has 0 spiro atoms. The topological polar surface area (TPSA) is 72.9 Å². The van der Waals surface area contributed by atoms with Gasteiger partial charge in [0.05, 0.1) is 28.0 Å². The van der Waals surface area contributed by atoms with Crippen LogP contribution in [0.5, 0.6) is 0 Å². The Bertz CT molecular complexity index is 2210. The number of carbonyl (C=O) groups is 1. The van der Waals surface area contributed by atoms with Crippen molar-refractivity contribution < 1.29 is 9.90 Å². The van der Waals surface area contributed by atoms with Crippen molar-refractivity contribution in [2.24, 2.45) is 7.05 Å². The number of benzene rings is 5. The highest BCUT2D eigenvalue weighted by Crippen LogP contribution is 2.37. The highest BCUT2D eigenvalue weighted by atomic mass is 16.4. The normalized spacial score (nSPS) is 11.3. The van der Waals surface area contributed by atoms with Gasteiger partial charge in [0.1, 0.15) is 11.6 Å². The van der Waals surface area contributed by atoms with Gasteiger partial charge in [-0.2, -0.15) is 0 Å². The molecule has 0 aliphatic heterocycles. The van der Waals surface area contributed by atoms with E-state index in [0.717, 1.165) is 80.3 Å². The SMILES string of the molecule is CCCc1nc2c(C)cc(-c3nc(-c4ccccc4)c(-c4ccccc4)n3C)cc2n1Cc1ccc(-c2ccccc2C(=O)O)cc1. The summed E-state index contributed by atoms with van der Waals surface area (Å²) in [6.07, 6.45) is 1.85. The Hall–Kier alpha value is -5.75. The Labute approximate surface area is 274 Å². The molecule has 0 atom stereocenters. The Morgan fingerprint density at radius 3 is 2.09 bits per heavy atom. The molecule has 0 bridgehead atoms. The van der Waals surface area contributed by atoms with Crippen molar-refractivity contribution in [1.82, 2.24) is 19.1 Å². The summed E-state index contributed by atoms with van der Waals surface area (Å²) in [6.45, 7) is 4.97. The average molecular weight is 617 g/mol. The van der Waals surface area contributed by atoms with E-state index in [4.69, 9.17) is 9.97 Å². The molecule has 0 saturated carbocycles. The minimum atomic E-state index is -0.926. The quantitative estimate of drug-likeness (QED) is 0.175. The molecule has 0 amide bonds. The number of carboxylic acid groups (broad SMARTS) is 1. The molecule has 47 heavy (non-hydrogen) atoms. The van der Waals surface area contributed by atoms with Crippen LogP contribution >= 0.6 is 0 Å². The van der Waals surface area contributed by atoms with Gasteiger partial charge in [0.2, 0.25) is 0 Å². The monoisotopic (exact) mass is 616 g/mol. The van der Waals surface area contributed by atoms with Crippen LogP contribution < -0.4 is 0 Å². The number of aromatic nitrogens is 4. The van der Waals surface area contributed by atoms with Gasteiger partial charge in [-0.25, -0.2) is 14.8 Å². The van der Waals surface area contributed by atoms with E-state index in [1.54, 1.807) is 12.1 Å². The molecule has 0 radical (unpaired) electrons. The first-order valence-electron chi connectivity index (χ1n) is 16.0. The zero-order chi connectivity index (χ0) is 32.5. The van der Waals surface area contributed by atoms with Crippen LogP contribution in [-0.4, -0.2) is 30.2 Å². The highest BCUT2D eigenvalue weighted by Gasteiger charge is 2.21. The first-order valence-corrected chi connectivity index (χ1v) is 16.0. The molecule has 0 fully saturated rings. The van der Waals surface area contributed by atoms with Crippen molar-refractivity contribution in [3.63, 3.8) is 0 Å². The van der Waals surface area contributed by atoms with Gasteiger partial charge < -0.3 is 14.2 Å². The summed E-state index contributed by atoms with van der Waals surface area (Å²) in [6, 6.07) is 40.6. The van der Waals surface area contributed by atoms with Crippen molar-refractivity contribution in [3.05, 3.63) is 144 Å². The summed E-state index contributed by atoms with van der Waals surface area (Å²) in [4.78, 5) is 22.2. The van der Waals surface area contributed by atoms with Crippen LogP contribution in [0.1, 0.15) is 40.7 Å². The third kappa shape index (κ3) is 5.63. The van der Waals surface area contributed by atoms with Gasteiger partial charge in [-0.05, 0) is 53.8 Å². The maximum Gasteiger partial charge on any atom is 0.336 e. The molecule has 0 unspecified atom stereocenters. The summed E-state index contributed by atoms with van der Waals surface area (Å²) >= 11 is 0. The molecule has 6 nitrogen and oxygen atoms in total. The number of imidazole rings is 2. The molecule has 6 heteroatoms. The van der Waals surface area contributed by atoms with Crippen molar-refractivity contribution in [1.29, 1.82) is 0 Å². The van der Waals surface area contributed by atoms with Crippen molar-refractivity contribution in [2.75, 3.05) is 0 Å². The number of aryl methyl sites for hydroxylation is 2. The number of fused-ring (bicyclic) bond motifs is 1. The molecule has 7 aromatic rings. The number of hydrogen-bond acceptors (Lipinski definition) is 3. The van der Waals surface area contributed by atoms with Crippen LogP contribution in [0, 0.1) is 6.92 Å². The van der Waals surface area contributed by atoms with E-state index in [1.807, 2.05) is 36.4 Å². The van der Waals surface area contributed by atoms with Crippen LogP contribution in [0.3, 0.4) is 0 Å². The molecular weight excluding hydrogens is 580 g/mol. The maximum atomic E-state index is 11.8. The van der Waals surface area contributed by atoms with E-state index < -0.39 is 5.97 Å². The number of hydrogen-bond donors (Lipinski definition) is 1. The first-order chi connectivity index (χ1) is 22.9. The van der Waals surface area contributed by atoms with Gasteiger partial charge in [0.25, 0.3) is 0 Å². The number of rotatable bonds is 9. The fourth-order valence-corrected chi connectivity index (χ4v) is 6.53. The van der Waals surface area contributed by atoms with Gasteiger partial charge in [-0.15, -0.1) is 0 Å². The predicted octanol–water partition coefficient (Wildman–Crippen LogP) is 9.45. The van der Waals surface area contributed by atoms with E-state index >= 15 is 0 Å². The number of aromatic carboxylic acids is 1. The molecule has 7 rings (SSSR count). The Kier molecular flexibility index (Phi) is 8.00. The summed E-state index contributed by atoms with van der Waals surface area (Å²) in [5, 5.41) is 9.69. The minimum Gasteiger partial charge on any atom is -0.478 e.